The fourth-order valence-electron chi connectivity index (χ4n) is 3.93. The van der Waals surface area contributed by atoms with Crippen LogP contribution in [0.15, 0.2) is 77.3 Å². The molecule has 1 atom stereocenters. The molecule has 0 saturated heterocycles. The molecule has 0 fully saturated rings. The molecule has 0 spiro atoms. The first kappa shape index (κ1) is 21.3. The van der Waals surface area contributed by atoms with Crippen LogP contribution in [0.3, 0.4) is 0 Å². The van der Waals surface area contributed by atoms with Crippen molar-refractivity contribution in [2.45, 2.75) is 18.4 Å². The number of carbonyl (C=O) groups is 2. The van der Waals surface area contributed by atoms with Crippen LogP contribution in [-0.2, 0) is 16.8 Å². The van der Waals surface area contributed by atoms with Crippen molar-refractivity contribution in [3.05, 3.63) is 94.0 Å². The molecule has 1 aliphatic heterocycles. The Kier molecular flexibility index (Phi) is 5.94. The third kappa shape index (κ3) is 4.13. The summed E-state index contributed by atoms with van der Waals surface area (Å²) in [6.45, 7) is 0.410. The van der Waals surface area contributed by atoms with Crippen LogP contribution < -0.4 is 9.64 Å². The molecular weight excluding hydrogens is 458 g/mol. The summed E-state index contributed by atoms with van der Waals surface area (Å²) in [4.78, 5) is 28.0. The number of hydrogen-bond acceptors (Lipinski definition) is 4. The topological polar surface area (TPSA) is 66.8 Å². The summed E-state index contributed by atoms with van der Waals surface area (Å²) in [6, 6.07) is 21.9. The quantitative estimate of drug-likeness (QED) is 0.506. The van der Waals surface area contributed by atoms with Crippen molar-refractivity contribution in [2.24, 2.45) is 0 Å². The van der Waals surface area contributed by atoms with Crippen LogP contribution in [0, 0.1) is 0 Å². The normalized spacial score (nSPS) is 17.5. The Morgan fingerprint density at radius 1 is 1.06 bits per heavy atom. The Morgan fingerprint density at radius 2 is 1.84 bits per heavy atom. The smallest absolute Gasteiger partial charge is 0.264 e. The molecule has 1 aliphatic rings. The molecule has 0 saturated carbocycles. The third-order valence-corrected chi connectivity index (χ3v) is 6.06. The van der Waals surface area contributed by atoms with Gasteiger partial charge in [-0.2, -0.15) is 0 Å². The summed E-state index contributed by atoms with van der Waals surface area (Å²) in [7, 11) is 1.52. The van der Waals surface area contributed by atoms with Gasteiger partial charge in [0.25, 0.3) is 5.91 Å². The Morgan fingerprint density at radius 3 is 2.58 bits per heavy atom. The lowest BCUT2D eigenvalue weighted by molar-refractivity contribution is -0.135. The highest BCUT2D eigenvalue weighted by Crippen LogP contribution is 2.44. The molecule has 0 radical (unpaired) electrons. The predicted molar refractivity (Wildman–Crippen MR) is 122 cm³/mol. The van der Waals surface area contributed by atoms with Crippen LogP contribution in [0.1, 0.15) is 27.9 Å². The van der Waals surface area contributed by atoms with Gasteiger partial charge in [0.15, 0.2) is 11.4 Å². The second-order valence-corrected chi connectivity index (χ2v) is 8.46. The predicted octanol–water partition coefficient (Wildman–Crippen LogP) is 4.51. The molecule has 158 valence electrons. The van der Waals surface area contributed by atoms with Crippen molar-refractivity contribution in [3.63, 3.8) is 0 Å². The van der Waals surface area contributed by atoms with Gasteiger partial charge in [0, 0.05) is 22.1 Å². The van der Waals surface area contributed by atoms with Crippen LogP contribution in [0.2, 0.25) is 0 Å². The van der Waals surface area contributed by atoms with E-state index in [2.05, 4.69) is 15.9 Å². The van der Waals surface area contributed by atoms with E-state index in [0.717, 1.165) is 10.0 Å². The van der Waals surface area contributed by atoms with E-state index in [9.17, 15) is 14.7 Å². The van der Waals surface area contributed by atoms with Gasteiger partial charge in [-0.3, -0.25) is 9.59 Å². The zero-order valence-electron chi connectivity index (χ0n) is 17.0. The number of halogens is 1. The van der Waals surface area contributed by atoms with Crippen LogP contribution >= 0.6 is 15.9 Å². The highest BCUT2D eigenvalue weighted by atomic mass is 79.9. The number of methoxy groups -OCH3 is 1. The van der Waals surface area contributed by atoms with Gasteiger partial charge in [0.2, 0.25) is 0 Å². The molecule has 0 aliphatic carbocycles. The zero-order chi connectivity index (χ0) is 22.0. The molecule has 4 rings (SSSR count). The minimum Gasteiger partial charge on any atom is -0.497 e. The average molecular weight is 480 g/mol. The molecule has 3 aromatic rings. The van der Waals surface area contributed by atoms with Crippen LogP contribution in [0.5, 0.6) is 5.75 Å². The van der Waals surface area contributed by atoms with Gasteiger partial charge < -0.3 is 14.7 Å². The number of aliphatic hydroxyl groups is 1. The van der Waals surface area contributed by atoms with E-state index < -0.39 is 11.5 Å². The Bertz CT molecular complexity index is 1130. The van der Waals surface area contributed by atoms with E-state index in [1.54, 1.807) is 41.3 Å². The number of carbonyl (C=O) groups excluding carboxylic acids is 2. The van der Waals surface area contributed by atoms with Crippen molar-refractivity contribution >= 4 is 33.3 Å². The standard InChI is InChI=1S/C25H22BrNO4/c1-31-20-9-5-8-18(14-20)23(28)16-25(30)21-15-19(26)10-11-22(21)27(24(25)29)13-12-17-6-3-2-4-7-17/h2-11,14-15,30H,12-13,16H2,1H3/t25-/m1/s1. The summed E-state index contributed by atoms with van der Waals surface area (Å²) in [5.74, 6) is -0.262. The number of amides is 1. The molecular formula is C25H22BrNO4. The number of anilines is 1. The van der Waals surface area contributed by atoms with Crippen LogP contribution in [-0.4, -0.2) is 30.5 Å². The van der Waals surface area contributed by atoms with E-state index in [0.29, 0.717) is 35.5 Å². The summed E-state index contributed by atoms with van der Waals surface area (Å²) >= 11 is 3.42. The number of nitrogens with zero attached hydrogens (tertiary/aromatic N) is 1. The van der Waals surface area contributed by atoms with Crippen molar-refractivity contribution in [3.8, 4) is 5.75 Å². The van der Waals surface area contributed by atoms with Crippen molar-refractivity contribution in [1.29, 1.82) is 0 Å². The Labute approximate surface area is 189 Å². The van der Waals surface area contributed by atoms with Crippen LogP contribution in [0.25, 0.3) is 0 Å². The molecule has 0 aromatic heterocycles. The summed E-state index contributed by atoms with van der Waals surface area (Å²) in [5.41, 5.74) is 0.633. The molecule has 3 aromatic carbocycles. The first-order valence-electron chi connectivity index (χ1n) is 9.98. The highest BCUT2D eigenvalue weighted by molar-refractivity contribution is 9.10. The number of rotatable bonds is 7. The van der Waals surface area contributed by atoms with Gasteiger partial charge in [-0.1, -0.05) is 58.4 Å². The summed E-state index contributed by atoms with van der Waals surface area (Å²) in [5, 5.41) is 11.5. The molecule has 1 heterocycles. The molecule has 1 N–H and O–H groups in total. The fraction of sp³-hybridized carbons (Fsp3) is 0.200. The molecule has 0 bridgehead atoms. The number of Topliss-reactive ketones (excluding diaryl/α,β-unsaturated/α-hetero) is 1. The maximum Gasteiger partial charge on any atom is 0.264 e. The van der Waals surface area contributed by atoms with Crippen molar-refractivity contribution < 1.29 is 19.4 Å². The van der Waals surface area contributed by atoms with Gasteiger partial charge >= 0.3 is 0 Å². The second kappa shape index (κ2) is 8.65. The number of benzene rings is 3. The summed E-state index contributed by atoms with van der Waals surface area (Å²) < 4.78 is 5.92. The van der Waals surface area contributed by atoms with E-state index >= 15 is 0 Å². The first-order valence-corrected chi connectivity index (χ1v) is 10.8. The molecule has 0 unspecified atom stereocenters. The lowest BCUT2D eigenvalue weighted by Crippen LogP contribution is -2.42. The summed E-state index contributed by atoms with van der Waals surface area (Å²) in [6.07, 6.45) is 0.298. The van der Waals surface area contributed by atoms with Gasteiger partial charge in [-0.05, 0) is 42.3 Å². The monoisotopic (exact) mass is 479 g/mol. The molecule has 5 nitrogen and oxygen atoms in total. The van der Waals surface area contributed by atoms with Gasteiger partial charge in [0.1, 0.15) is 5.75 Å². The Balaban J connectivity index is 1.64. The van der Waals surface area contributed by atoms with Gasteiger partial charge in [0.05, 0.1) is 19.2 Å². The third-order valence-electron chi connectivity index (χ3n) is 5.57. The minimum atomic E-state index is -1.92. The van der Waals surface area contributed by atoms with Gasteiger partial charge in [-0.15, -0.1) is 0 Å². The lowest BCUT2D eigenvalue weighted by atomic mass is 9.88. The number of ether oxygens (including phenoxy) is 1. The largest absolute Gasteiger partial charge is 0.497 e. The lowest BCUT2D eigenvalue weighted by Gasteiger charge is -2.23. The van der Waals surface area contributed by atoms with Crippen LogP contribution in [0.4, 0.5) is 5.69 Å². The first-order chi connectivity index (χ1) is 14.9. The minimum absolute atomic E-state index is 0.328. The van der Waals surface area contributed by atoms with E-state index in [1.807, 2.05) is 36.4 Å². The maximum atomic E-state index is 13.4. The second-order valence-electron chi connectivity index (χ2n) is 7.55. The zero-order valence-corrected chi connectivity index (χ0v) is 18.6. The van der Waals surface area contributed by atoms with E-state index in [4.69, 9.17) is 4.74 Å². The molecule has 1 amide bonds. The number of ketones is 1. The SMILES string of the molecule is COc1cccc(C(=O)C[C@]2(O)C(=O)N(CCc3ccccc3)c3ccc(Br)cc32)c1. The fourth-order valence-corrected chi connectivity index (χ4v) is 4.29. The average Bonchev–Trinajstić information content (AvgIpc) is 2.99. The molecule has 6 heteroatoms. The number of fused-ring (bicyclic) bond motifs is 1. The maximum absolute atomic E-state index is 13.4. The van der Waals surface area contributed by atoms with Crippen molar-refractivity contribution in [2.75, 3.05) is 18.6 Å². The van der Waals surface area contributed by atoms with E-state index in [1.165, 1.54) is 7.11 Å². The van der Waals surface area contributed by atoms with Gasteiger partial charge in [-0.25, -0.2) is 0 Å². The van der Waals surface area contributed by atoms with E-state index in [-0.39, 0.29) is 12.2 Å². The Hall–Kier alpha value is -2.96. The van der Waals surface area contributed by atoms with Crippen molar-refractivity contribution in [1.82, 2.24) is 0 Å². The number of hydrogen-bond donors (Lipinski definition) is 1. The molecule has 31 heavy (non-hydrogen) atoms. The highest BCUT2D eigenvalue weighted by Gasteiger charge is 2.50.